The van der Waals surface area contributed by atoms with Crippen molar-refractivity contribution in [3.8, 4) is 5.75 Å². The minimum Gasteiger partial charge on any atom is -0.489 e. The summed E-state index contributed by atoms with van der Waals surface area (Å²) in [6.45, 7) is 3.17. The Labute approximate surface area is 148 Å². The zero-order valence-electron chi connectivity index (χ0n) is 14.6. The summed E-state index contributed by atoms with van der Waals surface area (Å²) in [5, 5.41) is 0. The van der Waals surface area contributed by atoms with Crippen LogP contribution in [0.15, 0.2) is 48.8 Å². The van der Waals surface area contributed by atoms with Gasteiger partial charge in [0.05, 0.1) is 0 Å². The third-order valence-electron chi connectivity index (χ3n) is 4.63. The Balaban J connectivity index is 1.70. The third kappa shape index (κ3) is 4.37. The SMILES string of the molecule is C[C@@H](N)[C@H]1CCCCN1C(=O)c1cccc(OCc2cccnc2)c1. The van der Waals surface area contributed by atoms with Crippen LogP contribution >= 0.6 is 0 Å². The average molecular weight is 339 g/mol. The molecule has 132 valence electrons. The Bertz CT molecular complexity index is 703. The molecule has 25 heavy (non-hydrogen) atoms. The highest BCUT2D eigenvalue weighted by molar-refractivity contribution is 5.95. The highest BCUT2D eigenvalue weighted by atomic mass is 16.5. The van der Waals surface area contributed by atoms with Gasteiger partial charge in [0.25, 0.3) is 5.91 Å². The van der Waals surface area contributed by atoms with Crippen molar-refractivity contribution < 1.29 is 9.53 Å². The number of hydrogen-bond donors (Lipinski definition) is 1. The fourth-order valence-electron chi connectivity index (χ4n) is 3.29. The molecule has 0 saturated carbocycles. The average Bonchev–Trinajstić information content (AvgIpc) is 2.67. The summed E-state index contributed by atoms with van der Waals surface area (Å²) in [6, 6.07) is 11.3. The van der Waals surface area contributed by atoms with Crippen molar-refractivity contribution in [3.05, 3.63) is 59.9 Å². The molecule has 2 atom stereocenters. The number of carbonyl (C=O) groups excluding carboxylic acids is 1. The van der Waals surface area contributed by atoms with E-state index in [2.05, 4.69) is 4.98 Å². The predicted molar refractivity (Wildman–Crippen MR) is 97.3 cm³/mol. The van der Waals surface area contributed by atoms with E-state index in [4.69, 9.17) is 10.5 Å². The van der Waals surface area contributed by atoms with Gasteiger partial charge in [-0.2, -0.15) is 0 Å². The topological polar surface area (TPSA) is 68.5 Å². The third-order valence-corrected chi connectivity index (χ3v) is 4.63. The smallest absolute Gasteiger partial charge is 0.254 e. The fourth-order valence-corrected chi connectivity index (χ4v) is 3.29. The second-order valence-corrected chi connectivity index (χ2v) is 6.60. The van der Waals surface area contributed by atoms with E-state index < -0.39 is 0 Å². The minimum atomic E-state index is -0.0192. The first-order valence-electron chi connectivity index (χ1n) is 8.83. The van der Waals surface area contributed by atoms with Gasteiger partial charge in [-0.05, 0) is 50.5 Å². The van der Waals surface area contributed by atoms with Gasteiger partial charge in [0.2, 0.25) is 0 Å². The van der Waals surface area contributed by atoms with E-state index in [1.165, 1.54) is 0 Å². The highest BCUT2D eigenvalue weighted by Gasteiger charge is 2.29. The molecule has 0 aliphatic carbocycles. The van der Waals surface area contributed by atoms with Crippen molar-refractivity contribution in [1.82, 2.24) is 9.88 Å². The lowest BCUT2D eigenvalue weighted by atomic mass is 9.96. The number of hydrogen-bond acceptors (Lipinski definition) is 4. The molecule has 0 unspecified atom stereocenters. The van der Waals surface area contributed by atoms with Gasteiger partial charge in [-0.3, -0.25) is 9.78 Å². The molecule has 1 fully saturated rings. The van der Waals surface area contributed by atoms with Crippen molar-refractivity contribution in [2.45, 2.75) is 44.9 Å². The van der Waals surface area contributed by atoms with E-state index in [0.29, 0.717) is 17.9 Å². The molecule has 2 aromatic rings. The number of likely N-dealkylation sites (tertiary alicyclic amines) is 1. The van der Waals surface area contributed by atoms with Gasteiger partial charge >= 0.3 is 0 Å². The number of rotatable bonds is 5. The van der Waals surface area contributed by atoms with Gasteiger partial charge < -0.3 is 15.4 Å². The van der Waals surface area contributed by atoms with Crippen LogP contribution in [0.5, 0.6) is 5.75 Å². The summed E-state index contributed by atoms with van der Waals surface area (Å²) in [5.41, 5.74) is 7.73. The second kappa shape index (κ2) is 8.12. The molecule has 3 rings (SSSR count). The summed E-state index contributed by atoms with van der Waals surface area (Å²) in [6.07, 6.45) is 6.64. The first kappa shape index (κ1) is 17.4. The Morgan fingerprint density at radius 2 is 2.24 bits per heavy atom. The molecule has 5 heteroatoms. The maximum Gasteiger partial charge on any atom is 0.254 e. The van der Waals surface area contributed by atoms with Crippen molar-refractivity contribution >= 4 is 5.91 Å². The van der Waals surface area contributed by atoms with Gasteiger partial charge in [0.1, 0.15) is 12.4 Å². The lowest BCUT2D eigenvalue weighted by Crippen LogP contribution is -2.51. The highest BCUT2D eigenvalue weighted by Crippen LogP contribution is 2.23. The van der Waals surface area contributed by atoms with Crippen LogP contribution in [-0.2, 0) is 6.61 Å². The minimum absolute atomic E-state index is 0.0192. The van der Waals surface area contributed by atoms with Crippen LogP contribution in [0.1, 0.15) is 42.1 Å². The molecule has 2 N–H and O–H groups in total. The molecule has 1 aliphatic rings. The number of aromatic nitrogens is 1. The summed E-state index contributed by atoms with van der Waals surface area (Å²) >= 11 is 0. The normalized spacial score (nSPS) is 18.6. The van der Waals surface area contributed by atoms with E-state index >= 15 is 0 Å². The molecule has 5 nitrogen and oxygen atoms in total. The molecule has 1 saturated heterocycles. The largest absolute Gasteiger partial charge is 0.489 e. The number of ether oxygens (including phenoxy) is 1. The van der Waals surface area contributed by atoms with Gasteiger partial charge in [-0.25, -0.2) is 0 Å². The van der Waals surface area contributed by atoms with Gasteiger partial charge in [-0.15, -0.1) is 0 Å². The van der Waals surface area contributed by atoms with Crippen LogP contribution in [0, 0.1) is 0 Å². The Morgan fingerprint density at radius 1 is 1.36 bits per heavy atom. The zero-order chi connectivity index (χ0) is 17.6. The number of benzene rings is 1. The number of nitrogens with two attached hydrogens (primary N) is 1. The molecule has 0 bridgehead atoms. The van der Waals surface area contributed by atoms with Crippen molar-refractivity contribution in [2.75, 3.05) is 6.54 Å². The van der Waals surface area contributed by atoms with Gasteiger partial charge in [-0.1, -0.05) is 12.1 Å². The summed E-state index contributed by atoms with van der Waals surface area (Å²) in [7, 11) is 0. The van der Waals surface area contributed by atoms with Crippen LogP contribution in [-0.4, -0.2) is 34.4 Å². The van der Waals surface area contributed by atoms with Crippen LogP contribution in [0.2, 0.25) is 0 Å². The van der Waals surface area contributed by atoms with Gasteiger partial charge in [0.15, 0.2) is 0 Å². The number of carbonyl (C=O) groups is 1. The Kier molecular flexibility index (Phi) is 5.66. The zero-order valence-corrected chi connectivity index (χ0v) is 14.6. The predicted octanol–water partition coefficient (Wildman–Crippen LogP) is 3.00. The van der Waals surface area contributed by atoms with Crippen LogP contribution in [0.4, 0.5) is 0 Å². The first-order valence-corrected chi connectivity index (χ1v) is 8.83. The molecule has 0 radical (unpaired) electrons. The van der Waals surface area contributed by atoms with Crippen molar-refractivity contribution in [1.29, 1.82) is 0 Å². The molecule has 0 spiro atoms. The summed E-state index contributed by atoms with van der Waals surface area (Å²) in [4.78, 5) is 18.9. The van der Waals surface area contributed by atoms with E-state index in [9.17, 15) is 4.79 Å². The quantitative estimate of drug-likeness (QED) is 0.909. The molecule has 1 amide bonds. The standard InChI is InChI=1S/C20H25N3O2/c1-15(21)19-9-2-3-11-23(19)20(24)17-7-4-8-18(12-17)25-14-16-6-5-10-22-13-16/h4-8,10,12-13,15,19H,2-3,9,11,14,21H2,1H3/t15-,19-/m1/s1. The van der Waals surface area contributed by atoms with Crippen LogP contribution in [0.25, 0.3) is 0 Å². The molecule has 1 aromatic heterocycles. The van der Waals surface area contributed by atoms with E-state index in [-0.39, 0.29) is 18.0 Å². The monoisotopic (exact) mass is 339 g/mol. The molecule has 2 heterocycles. The molecular weight excluding hydrogens is 314 g/mol. The maximum absolute atomic E-state index is 12.9. The summed E-state index contributed by atoms with van der Waals surface area (Å²) in [5.74, 6) is 0.720. The number of piperidine rings is 1. The number of pyridine rings is 1. The first-order chi connectivity index (χ1) is 12.1. The van der Waals surface area contributed by atoms with Crippen LogP contribution < -0.4 is 10.5 Å². The number of nitrogens with zero attached hydrogens (tertiary/aromatic N) is 2. The van der Waals surface area contributed by atoms with Crippen molar-refractivity contribution in [2.24, 2.45) is 5.73 Å². The van der Waals surface area contributed by atoms with Crippen molar-refractivity contribution in [3.63, 3.8) is 0 Å². The van der Waals surface area contributed by atoms with E-state index in [1.807, 2.05) is 48.2 Å². The van der Waals surface area contributed by atoms with E-state index in [0.717, 1.165) is 31.4 Å². The Hall–Kier alpha value is -2.40. The molecular formula is C20H25N3O2. The lowest BCUT2D eigenvalue weighted by molar-refractivity contribution is 0.0583. The Morgan fingerprint density at radius 3 is 3.00 bits per heavy atom. The number of amides is 1. The van der Waals surface area contributed by atoms with Crippen LogP contribution in [0.3, 0.4) is 0 Å². The van der Waals surface area contributed by atoms with Gasteiger partial charge in [0, 0.05) is 42.1 Å². The fraction of sp³-hybridized carbons (Fsp3) is 0.400. The summed E-state index contributed by atoms with van der Waals surface area (Å²) < 4.78 is 5.81. The lowest BCUT2D eigenvalue weighted by Gasteiger charge is -2.38. The van der Waals surface area contributed by atoms with E-state index in [1.54, 1.807) is 12.4 Å². The molecule has 1 aromatic carbocycles. The molecule has 1 aliphatic heterocycles. The second-order valence-electron chi connectivity index (χ2n) is 6.60. The maximum atomic E-state index is 12.9.